The summed E-state index contributed by atoms with van der Waals surface area (Å²) in [5.41, 5.74) is 0.490. The third-order valence-corrected chi connectivity index (χ3v) is 4.73. The van der Waals surface area contributed by atoms with E-state index >= 15 is 0 Å². The number of carbonyl (C=O) groups is 1. The van der Waals surface area contributed by atoms with Gasteiger partial charge in [-0.3, -0.25) is 4.79 Å². The predicted octanol–water partition coefficient (Wildman–Crippen LogP) is 6.09. The molecule has 0 radical (unpaired) electrons. The minimum atomic E-state index is -5.78. The van der Waals surface area contributed by atoms with Crippen molar-refractivity contribution in [1.29, 1.82) is 0 Å². The fraction of sp³-hybridized carbons (Fsp3) is 0.278. The minimum absolute atomic E-state index is 0.478. The largest absolute Gasteiger partial charge is 0.443 e. The molecule has 0 spiro atoms. The monoisotopic (exact) mass is 426 g/mol. The summed E-state index contributed by atoms with van der Waals surface area (Å²) in [6.07, 6.45) is -16.5. The first-order valence-corrected chi connectivity index (χ1v) is 8.65. The summed E-state index contributed by atoms with van der Waals surface area (Å²) >= 11 is 0.991. The highest BCUT2D eigenvalue weighted by atomic mass is 32.2. The van der Waals surface area contributed by atoms with Crippen LogP contribution in [0.3, 0.4) is 0 Å². The molecule has 2 aromatic rings. The molecular formula is C18H13F7O2S. The van der Waals surface area contributed by atoms with E-state index in [1.807, 2.05) is 0 Å². The molecule has 0 aliphatic rings. The highest BCUT2D eigenvalue weighted by molar-refractivity contribution is 7.99. The second-order valence-corrected chi connectivity index (χ2v) is 6.90. The zero-order valence-electron chi connectivity index (χ0n) is 13.9. The van der Waals surface area contributed by atoms with Crippen molar-refractivity contribution < 1.29 is 40.3 Å². The number of halogens is 7. The molecule has 2 aromatic carbocycles. The lowest BCUT2D eigenvalue weighted by Gasteiger charge is -2.24. The van der Waals surface area contributed by atoms with Gasteiger partial charge < -0.3 is 4.74 Å². The van der Waals surface area contributed by atoms with Gasteiger partial charge in [0, 0.05) is 10.1 Å². The summed E-state index contributed by atoms with van der Waals surface area (Å²) in [6, 6.07) is 13.1. The Morgan fingerprint density at radius 2 is 1.43 bits per heavy atom. The lowest BCUT2D eigenvalue weighted by Crippen LogP contribution is -2.45. The van der Waals surface area contributed by atoms with Gasteiger partial charge in [0.1, 0.15) is 5.82 Å². The number of esters is 1. The molecule has 0 N–H and O–H groups in total. The van der Waals surface area contributed by atoms with Crippen LogP contribution in [0.1, 0.15) is 17.2 Å². The Balaban J connectivity index is 2.19. The Bertz CT molecular complexity index is 759. The minimum Gasteiger partial charge on any atom is -0.443 e. The summed E-state index contributed by atoms with van der Waals surface area (Å²) in [5.74, 6) is -2.17. The van der Waals surface area contributed by atoms with Crippen molar-refractivity contribution in [3.63, 3.8) is 0 Å². The normalized spacial score (nSPS) is 13.4. The van der Waals surface area contributed by atoms with E-state index in [1.165, 1.54) is 12.1 Å². The smallest absolute Gasteiger partial charge is 0.434 e. The Morgan fingerprint density at radius 1 is 0.893 bits per heavy atom. The molecule has 0 bridgehead atoms. The maximum atomic E-state index is 13.0. The van der Waals surface area contributed by atoms with Crippen LogP contribution in [0.15, 0.2) is 59.5 Å². The van der Waals surface area contributed by atoms with E-state index in [9.17, 15) is 35.5 Å². The molecule has 0 saturated heterocycles. The van der Waals surface area contributed by atoms with E-state index < -0.39 is 41.9 Å². The van der Waals surface area contributed by atoms with Crippen LogP contribution in [0.25, 0.3) is 0 Å². The van der Waals surface area contributed by atoms with Crippen LogP contribution >= 0.6 is 11.8 Å². The summed E-state index contributed by atoms with van der Waals surface area (Å²) in [5, 5.41) is -0.832. The fourth-order valence-electron chi connectivity index (χ4n) is 2.22. The fourth-order valence-corrected chi connectivity index (χ4v) is 3.36. The maximum absolute atomic E-state index is 13.0. The predicted molar refractivity (Wildman–Crippen MR) is 88.0 cm³/mol. The van der Waals surface area contributed by atoms with Crippen molar-refractivity contribution in [3.8, 4) is 0 Å². The van der Waals surface area contributed by atoms with Gasteiger partial charge in [0.25, 0.3) is 6.10 Å². The molecule has 10 heteroatoms. The van der Waals surface area contributed by atoms with Crippen LogP contribution in [0.2, 0.25) is 0 Å². The first kappa shape index (κ1) is 22.1. The number of benzene rings is 2. The standard InChI is InChI=1S/C18H13F7O2S/c19-12-6-8-13(9-7-12)28-14(11-4-2-1-3-5-11)10-15(26)27-16(17(20,21)22)18(23,24)25/h1-9,14,16H,10H2/t14-/m0/s1. The quantitative estimate of drug-likeness (QED) is 0.318. The zero-order chi connectivity index (χ0) is 20.9. The molecule has 1 atom stereocenters. The maximum Gasteiger partial charge on any atom is 0.434 e. The van der Waals surface area contributed by atoms with Crippen molar-refractivity contribution in [1.82, 2.24) is 0 Å². The van der Waals surface area contributed by atoms with Crippen LogP contribution < -0.4 is 0 Å². The van der Waals surface area contributed by atoms with Crippen LogP contribution in [-0.2, 0) is 9.53 Å². The van der Waals surface area contributed by atoms with E-state index in [1.54, 1.807) is 30.3 Å². The molecule has 0 amide bonds. The molecule has 0 aromatic heterocycles. The molecule has 0 aliphatic heterocycles. The van der Waals surface area contributed by atoms with E-state index in [-0.39, 0.29) is 0 Å². The molecule has 2 rings (SSSR count). The van der Waals surface area contributed by atoms with Crippen molar-refractivity contribution in [2.75, 3.05) is 0 Å². The average molecular weight is 426 g/mol. The number of alkyl halides is 6. The van der Waals surface area contributed by atoms with Crippen LogP contribution in [0, 0.1) is 5.82 Å². The summed E-state index contributed by atoms with van der Waals surface area (Å²) in [7, 11) is 0. The lowest BCUT2D eigenvalue weighted by molar-refractivity contribution is -0.313. The van der Waals surface area contributed by atoms with Gasteiger partial charge in [-0.2, -0.15) is 26.3 Å². The van der Waals surface area contributed by atoms with Gasteiger partial charge >= 0.3 is 18.3 Å². The molecular weight excluding hydrogens is 413 g/mol. The molecule has 2 nitrogen and oxygen atoms in total. The number of rotatable bonds is 6. The summed E-state index contributed by atoms with van der Waals surface area (Å²) < 4.78 is 92.3. The van der Waals surface area contributed by atoms with Gasteiger partial charge in [0.15, 0.2) is 0 Å². The number of carbonyl (C=O) groups excluding carboxylic acids is 1. The Labute approximate surface area is 159 Å². The van der Waals surface area contributed by atoms with E-state index in [0.29, 0.717) is 10.5 Å². The van der Waals surface area contributed by atoms with Gasteiger partial charge in [0.05, 0.1) is 6.42 Å². The SMILES string of the molecule is O=C(C[C@H](Sc1ccc(F)cc1)c1ccccc1)OC(C(F)(F)F)C(F)(F)F. The van der Waals surface area contributed by atoms with Crippen molar-refractivity contribution >= 4 is 17.7 Å². The molecule has 0 unspecified atom stereocenters. The zero-order valence-corrected chi connectivity index (χ0v) is 14.7. The van der Waals surface area contributed by atoms with Crippen molar-refractivity contribution in [3.05, 3.63) is 66.0 Å². The Morgan fingerprint density at radius 3 is 1.93 bits per heavy atom. The Kier molecular flexibility index (Phi) is 6.97. The first-order chi connectivity index (χ1) is 13.0. The number of thioether (sulfide) groups is 1. The second-order valence-electron chi connectivity index (χ2n) is 5.63. The molecule has 0 aliphatic carbocycles. The number of ether oxygens (including phenoxy) is 1. The van der Waals surface area contributed by atoms with Gasteiger partial charge in [-0.1, -0.05) is 30.3 Å². The molecule has 28 heavy (non-hydrogen) atoms. The number of hydrogen-bond donors (Lipinski definition) is 0. The third-order valence-electron chi connectivity index (χ3n) is 3.46. The third kappa shape index (κ3) is 6.43. The topological polar surface area (TPSA) is 26.3 Å². The molecule has 0 heterocycles. The van der Waals surface area contributed by atoms with Crippen molar-refractivity contribution in [2.24, 2.45) is 0 Å². The summed E-state index contributed by atoms with van der Waals surface area (Å²) in [6.45, 7) is 0. The highest BCUT2D eigenvalue weighted by Gasteiger charge is 2.59. The van der Waals surface area contributed by atoms with Gasteiger partial charge in [-0.05, 0) is 29.8 Å². The lowest BCUT2D eigenvalue weighted by atomic mass is 10.1. The van der Waals surface area contributed by atoms with Crippen LogP contribution in [0.5, 0.6) is 0 Å². The second kappa shape index (κ2) is 8.85. The van der Waals surface area contributed by atoms with Crippen LogP contribution in [-0.4, -0.2) is 24.4 Å². The summed E-state index contributed by atoms with van der Waals surface area (Å²) in [4.78, 5) is 12.4. The average Bonchev–Trinajstić information content (AvgIpc) is 2.60. The van der Waals surface area contributed by atoms with Crippen LogP contribution in [0.4, 0.5) is 30.7 Å². The molecule has 0 fully saturated rings. The van der Waals surface area contributed by atoms with Gasteiger partial charge in [-0.15, -0.1) is 11.8 Å². The Hall–Kier alpha value is -2.23. The molecule has 152 valence electrons. The first-order valence-electron chi connectivity index (χ1n) is 7.77. The number of hydrogen-bond acceptors (Lipinski definition) is 3. The highest BCUT2D eigenvalue weighted by Crippen LogP contribution is 2.40. The van der Waals surface area contributed by atoms with Gasteiger partial charge in [-0.25, -0.2) is 4.39 Å². The van der Waals surface area contributed by atoms with Gasteiger partial charge in [0.2, 0.25) is 0 Å². The van der Waals surface area contributed by atoms with E-state index in [4.69, 9.17) is 0 Å². The van der Waals surface area contributed by atoms with Crippen molar-refractivity contribution in [2.45, 2.75) is 35.0 Å². The van der Waals surface area contributed by atoms with E-state index in [2.05, 4.69) is 4.74 Å². The molecule has 0 saturated carbocycles. The van der Waals surface area contributed by atoms with E-state index in [0.717, 1.165) is 23.9 Å².